The fourth-order valence-corrected chi connectivity index (χ4v) is 6.67. The van der Waals surface area contributed by atoms with Crippen molar-refractivity contribution in [3.8, 4) is 0 Å². The van der Waals surface area contributed by atoms with Crippen LogP contribution in [0.2, 0.25) is 0 Å². The Bertz CT molecular complexity index is 906. The number of hydrogen-bond donors (Lipinski definition) is 1. The number of rotatable bonds is 3. The Labute approximate surface area is 156 Å². The fourth-order valence-electron chi connectivity index (χ4n) is 5.50. The van der Waals surface area contributed by atoms with Crippen LogP contribution in [0.25, 0.3) is 10.1 Å². The highest BCUT2D eigenvalue weighted by molar-refractivity contribution is 7.21. The maximum absolute atomic E-state index is 14.3. The lowest BCUT2D eigenvalue weighted by Crippen LogP contribution is -2.65. The molecule has 1 atom stereocenters. The Hall–Kier alpha value is -1.46. The van der Waals surface area contributed by atoms with E-state index in [1.54, 1.807) is 6.07 Å². The summed E-state index contributed by atoms with van der Waals surface area (Å²) in [6.07, 6.45) is 6.98. The minimum absolute atomic E-state index is 0.0402. The normalized spacial score (nSPS) is 31.5. The van der Waals surface area contributed by atoms with Crippen molar-refractivity contribution in [1.29, 1.82) is 0 Å². The van der Waals surface area contributed by atoms with E-state index in [4.69, 9.17) is 0 Å². The Morgan fingerprint density at radius 1 is 1.19 bits per heavy atom. The van der Waals surface area contributed by atoms with E-state index in [0.717, 1.165) is 33.4 Å². The molecule has 3 nitrogen and oxygen atoms in total. The highest BCUT2D eigenvalue weighted by Gasteiger charge is 2.60. The van der Waals surface area contributed by atoms with Gasteiger partial charge in [-0.15, -0.1) is 11.3 Å². The number of amides is 1. The van der Waals surface area contributed by atoms with Crippen LogP contribution in [0.4, 0.5) is 4.39 Å². The molecular weight excluding hydrogens is 347 g/mol. The van der Waals surface area contributed by atoms with Crippen molar-refractivity contribution in [3.05, 3.63) is 34.5 Å². The van der Waals surface area contributed by atoms with Crippen LogP contribution in [-0.4, -0.2) is 35.5 Å². The largest absolute Gasteiger partial charge is 0.346 e. The molecule has 4 heterocycles. The average molecular weight is 370 g/mol. The summed E-state index contributed by atoms with van der Waals surface area (Å²) in [5.74, 6) is 0.909. The molecule has 5 aliphatic rings. The number of thiophene rings is 1. The fraction of sp³-hybridized carbons (Fsp3) is 0.571. The van der Waals surface area contributed by atoms with Gasteiger partial charge in [0, 0.05) is 15.8 Å². The monoisotopic (exact) mass is 370 g/mol. The molecule has 2 aromatic rings. The van der Waals surface area contributed by atoms with E-state index < -0.39 is 0 Å². The van der Waals surface area contributed by atoms with Gasteiger partial charge in [0.15, 0.2) is 0 Å². The Balaban J connectivity index is 1.32. The van der Waals surface area contributed by atoms with E-state index in [2.05, 4.69) is 10.2 Å². The van der Waals surface area contributed by atoms with Gasteiger partial charge in [-0.1, -0.05) is 6.07 Å². The number of piperidine rings is 3. The molecule has 2 aliphatic carbocycles. The number of carbonyl (C=O) groups excluding carboxylic acids is 1. The summed E-state index contributed by atoms with van der Waals surface area (Å²) in [7, 11) is 0. The molecule has 2 bridgehead atoms. The molecule has 2 saturated carbocycles. The van der Waals surface area contributed by atoms with Crippen LogP contribution in [-0.2, 0) is 0 Å². The molecule has 1 spiro atoms. The Kier molecular flexibility index (Phi) is 3.17. The van der Waals surface area contributed by atoms with Crippen molar-refractivity contribution in [3.63, 3.8) is 0 Å². The molecule has 1 aromatic carbocycles. The van der Waals surface area contributed by atoms with Crippen molar-refractivity contribution in [2.45, 2.75) is 56.0 Å². The molecule has 136 valence electrons. The number of benzene rings is 1. The van der Waals surface area contributed by atoms with Gasteiger partial charge in [-0.25, -0.2) is 4.39 Å². The first-order chi connectivity index (χ1) is 12.7. The third-order valence-electron chi connectivity index (χ3n) is 7.15. The lowest BCUT2D eigenvalue weighted by Gasteiger charge is -2.52. The van der Waals surface area contributed by atoms with Gasteiger partial charge in [0.2, 0.25) is 0 Å². The van der Waals surface area contributed by atoms with E-state index in [0.29, 0.717) is 17.9 Å². The number of nitrogens with zero attached hydrogens (tertiary/aromatic N) is 1. The molecule has 0 radical (unpaired) electrons. The number of fused-ring (bicyclic) bond motifs is 3. The zero-order valence-corrected chi connectivity index (χ0v) is 15.6. The molecule has 3 aliphatic heterocycles. The van der Waals surface area contributed by atoms with Crippen LogP contribution in [0.5, 0.6) is 0 Å². The second kappa shape index (κ2) is 5.29. The highest BCUT2D eigenvalue weighted by atomic mass is 32.1. The maximum Gasteiger partial charge on any atom is 0.261 e. The first-order valence-corrected chi connectivity index (χ1v) is 10.8. The van der Waals surface area contributed by atoms with Crippen molar-refractivity contribution < 1.29 is 9.18 Å². The smallest absolute Gasteiger partial charge is 0.261 e. The molecule has 5 heteroatoms. The van der Waals surface area contributed by atoms with Crippen LogP contribution in [0, 0.1) is 11.7 Å². The van der Waals surface area contributed by atoms with Crippen LogP contribution < -0.4 is 5.32 Å². The lowest BCUT2D eigenvalue weighted by atomic mass is 9.77. The molecule has 26 heavy (non-hydrogen) atoms. The number of carbonyl (C=O) groups is 1. The van der Waals surface area contributed by atoms with E-state index in [1.165, 1.54) is 50.1 Å². The average Bonchev–Trinajstić information content (AvgIpc) is 3.57. The number of hydrogen-bond acceptors (Lipinski definition) is 3. The minimum atomic E-state index is -0.108. The van der Waals surface area contributed by atoms with E-state index in [1.807, 2.05) is 12.1 Å². The van der Waals surface area contributed by atoms with Crippen molar-refractivity contribution in [1.82, 2.24) is 10.2 Å². The van der Waals surface area contributed by atoms with Gasteiger partial charge in [0.25, 0.3) is 5.91 Å². The van der Waals surface area contributed by atoms with Crippen molar-refractivity contribution in [2.24, 2.45) is 5.92 Å². The van der Waals surface area contributed by atoms with Gasteiger partial charge >= 0.3 is 0 Å². The van der Waals surface area contributed by atoms with Gasteiger partial charge in [-0.2, -0.15) is 0 Å². The summed E-state index contributed by atoms with van der Waals surface area (Å²) in [6, 6.07) is 5.64. The van der Waals surface area contributed by atoms with E-state index in [9.17, 15) is 9.18 Å². The second-order valence-electron chi connectivity index (χ2n) is 8.64. The third-order valence-corrected chi connectivity index (χ3v) is 8.33. The summed E-state index contributed by atoms with van der Waals surface area (Å²) in [5.41, 5.74) is 1.09. The van der Waals surface area contributed by atoms with Gasteiger partial charge in [0.1, 0.15) is 5.82 Å². The minimum Gasteiger partial charge on any atom is -0.346 e. The summed E-state index contributed by atoms with van der Waals surface area (Å²) < 4.78 is 15.3. The lowest BCUT2D eigenvalue weighted by molar-refractivity contribution is -0.00138. The SMILES string of the molecule is O=C(N[C@H]1C2CCN(CC2)C12CC2)c1cc2ccc(F)c(C3CC3)c2s1. The third kappa shape index (κ3) is 2.16. The van der Waals surface area contributed by atoms with Gasteiger partial charge in [-0.05, 0) is 81.0 Å². The predicted octanol–water partition coefficient (Wildman–Crippen LogP) is 4.27. The summed E-state index contributed by atoms with van der Waals surface area (Å²) in [6.45, 7) is 2.40. The summed E-state index contributed by atoms with van der Waals surface area (Å²) in [5, 5.41) is 4.41. The zero-order valence-electron chi connectivity index (χ0n) is 14.8. The first kappa shape index (κ1) is 15.6. The number of halogens is 1. The van der Waals surface area contributed by atoms with Crippen LogP contribution >= 0.6 is 11.3 Å². The summed E-state index contributed by atoms with van der Waals surface area (Å²) in [4.78, 5) is 16.4. The molecule has 1 aromatic heterocycles. The standard InChI is InChI=1S/C21H23FN2OS/c22-15-4-3-14-11-16(26-18(14)17(15)12-1-2-12)20(25)23-19-13-5-9-24(10-6-13)21(19)7-8-21/h3-4,11-13,19H,1-2,5-10H2,(H,23,25)/t19-/m0/s1. The first-order valence-electron chi connectivity index (χ1n) is 9.93. The molecule has 3 saturated heterocycles. The zero-order chi connectivity index (χ0) is 17.5. The molecule has 1 N–H and O–H groups in total. The van der Waals surface area contributed by atoms with Crippen LogP contribution in [0.1, 0.15) is 59.7 Å². The van der Waals surface area contributed by atoms with Gasteiger partial charge in [0.05, 0.1) is 10.9 Å². The van der Waals surface area contributed by atoms with Crippen LogP contribution in [0.3, 0.4) is 0 Å². The second-order valence-corrected chi connectivity index (χ2v) is 9.70. The Morgan fingerprint density at radius 2 is 1.96 bits per heavy atom. The van der Waals surface area contributed by atoms with Gasteiger partial charge < -0.3 is 5.32 Å². The topological polar surface area (TPSA) is 32.3 Å². The molecule has 5 fully saturated rings. The molecular formula is C21H23FN2OS. The summed E-state index contributed by atoms with van der Waals surface area (Å²) >= 11 is 1.48. The van der Waals surface area contributed by atoms with E-state index in [-0.39, 0.29) is 17.3 Å². The predicted molar refractivity (Wildman–Crippen MR) is 101 cm³/mol. The van der Waals surface area contributed by atoms with Crippen molar-refractivity contribution >= 4 is 27.3 Å². The number of nitrogens with one attached hydrogen (secondary N) is 1. The Morgan fingerprint density at radius 3 is 2.65 bits per heavy atom. The molecule has 7 rings (SSSR count). The molecule has 0 unspecified atom stereocenters. The van der Waals surface area contributed by atoms with Gasteiger partial charge in [-0.3, -0.25) is 9.69 Å². The maximum atomic E-state index is 14.3. The molecule has 1 amide bonds. The van der Waals surface area contributed by atoms with Crippen molar-refractivity contribution in [2.75, 3.05) is 13.1 Å². The van der Waals surface area contributed by atoms with E-state index >= 15 is 0 Å². The highest BCUT2D eigenvalue weighted by Crippen LogP contribution is 2.54. The quantitative estimate of drug-likeness (QED) is 0.875. The van der Waals surface area contributed by atoms with Crippen LogP contribution in [0.15, 0.2) is 18.2 Å².